The molecule has 2 aromatic heterocycles. The molecule has 0 aliphatic carbocycles. The molecule has 0 radical (unpaired) electrons. The number of nitrogens with one attached hydrogen (secondary N) is 1. The van der Waals surface area contributed by atoms with Crippen LogP contribution in [0.4, 0.5) is 5.82 Å². The summed E-state index contributed by atoms with van der Waals surface area (Å²) in [6, 6.07) is 19.6. The fraction of sp³-hybridized carbons (Fsp3) is 0.194. The van der Waals surface area contributed by atoms with E-state index in [1.807, 2.05) is 42.5 Å². The lowest BCUT2D eigenvalue weighted by atomic mass is 10.0. The lowest BCUT2D eigenvalue weighted by Crippen LogP contribution is -2.40. The summed E-state index contributed by atoms with van der Waals surface area (Å²) in [4.78, 5) is 48.7. The Balaban J connectivity index is 1.40. The second-order valence-electron chi connectivity index (χ2n) is 9.61. The largest absolute Gasteiger partial charge is 0.364 e. The normalized spacial score (nSPS) is 14.6. The first kappa shape index (κ1) is 27.1. The highest BCUT2D eigenvalue weighted by Crippen LogP contribution is 2.33. The average Bonchev–Trinajstić information content (AvgIpc) is 3.35. The monoisotopic (exact) mass is 547 g/mol. The summed E-state index contributed by atoms with van der Waals surface area (Å²) >= 11 is 0. The number of anilines is 1. The third kappa shape index (κ3) is 5.65. The van der Waals surface area contributed by atoms with Gasteiger partial charge in [0.25, 0.3) is 17.7 Å². The van der Waals surface area contributed by atoms with Crippen LogP contribution in [0.25, 0.3) is 22.4 Å². The predicted octanol–water partition coefficient (Wildman–Crippen LogP) is 3.75. The van der Waals surface area contributed by atoms with Crippen molar-refractivity contribution in [2.75, 3.05) is 17.7 Å². The van der Waals surface area contributed by atoms with Gasteiger partial charge in [-0.2, -0.15) is 0 Å². The number of piperidine rings is 1. The Kier molecular flexibility index (Phi) is 7.78. The number of amides is 3. The predicted molar refractivity (Wildman–Crippen MR) is 156 cm³/mol. The zero-order valence-corrected chi connectivity index (χ0v) is 22.5. The van der Waals surface area contributed by atoms with E-state index >= 15 is 0 Å². The Hall–Kier alpha value is -5.43. The third-order valence-electron chi connectivity index (χ3n) is 6.99. The highest BCUT2D eigenvalue weighted by molar-refractivity contribution is 6.04. The highest BCUT2D eigenvalue weighted by atomic mass is 16.2. The van der Waals surface area contributed by atoms with Gasteiger partial charge in [0.1, 0.15) is 11.5 Å². The maximum atomic E-state index is 13.0. The number of primary amides is 1. The van der Waals surface area contributed by atoms with E-state index in [4.69, 9.17) is 11.6 Å². The number of hydrogen-bond acceptors (Lipinski definition) is 6. The van der Waals surface area contributed by atoms with Crippen molar-refractivity contribution < 1.29 is 14.4 Å². The molecule has 1 aliphatic rings. The van der Waals surface area contributed by atoms with Crippen molar-refractivity contribution in [3.05, 3.63) is 90.0 Å². The Morgan fingerprint density at radius 2 is 1.73 bits per heavy atom. The average molecular weight is 548 g/mol. The molecule has 0 saturated carbocycles. The number of carbonyl (C=O) groups is 3. The molecule has 2 aromatic carbocycles. The van der Waals surface area contributed by atoms with Crippen molar-refractivity contribution in [3.63, 3.8) is 0 Å². The molecule has 3 amide bonds. The van der Waals surface area contributed by atoms with Gasteiger partial charge in [-0.15, -0.1) is 0 Å². The lowest BCUT2D eigenvalue weighted by Gasteiger charge is -2.33. The molecular formula is C31H29N7O3. The smallest absolute Gasteiger partial charge is 0.299 e. The molecule has 10 heteroatoms. The van der Waals surface area contributed by atoms with Crippen LogP contribution in [-0.2, 0) is 4.79 Å². The molecule has 0 spiro atoms. The molecule has 1 atom stereocenters. The number of aromatic nitrogens is 3. The number of benzene rings is 2. The number of nitrogens with two attached hydrogens (primary N) is 2. The second kappa shape index (κ2) is 11.8. The van der Waals surface area contributed by atoms with E-state index in [2.05, 4.69) is 27.1 Å². The van der Waals surface area contributed by atoms with Crippen LogP contribution in [-0.4, -0.2) is 43.8 Å². The van der Waals surface area contributed by atoms with E-state index in [1.54, 1.807) is 42.3 Å². The molecule has 5 N–H and O–H groups in total. The van der Waals surface area contributed by atoms with Crippen LogP contribution in [0.3, 0.4) is 0 Å². The summed E-state index contributed by atoms with van der Waals surface area (Å²) in [6.45, 7) is 2.12. The standard InChI is InChI=1S/C31H29N7O3/c1-2-8-26(39)37-18-7-6-11-24(37)30-36-27(28(29(32)40)38(30)33)21-12-14-22(15-13-21)31(41)35-25-19-23(16-17-34-25)20-9-4-3-5-10-20/h3-5,9-10,12-17,19,24H,6-7,11,18,33H2,1H3,(H2,32,40)(H,34,35,41). The second-order valence-corrected chi connectivity index (χ2v) is 9.61. The summed E-state index contributed by atoms with van der Waals surface area (Å²) in [7, 11) is 0. The number of hydrogen-bond donors (Lipinski definition) is 3. The first-order chi connectivity index (χ1) is 19.9. The topological polar surface area (TPSA) is 149 Å². The van der Waals surface area contributed by atoms with E-state index in [0.29, 0.717) is 35.7 Å². The first-order valence-corrected chi connectivity index (χ1v) is 13.2. The number of nitrogens with zero attached hydrogens (tertiary/aromatic N) is 4. The Morgan fingerprint density at radius 3 is 2.44 bits per heavy atom. The molecule has 0 bridgehead atoms. The maximum Gasteiger partial charge on any atom is 0.299 e. The SMILES string of the molecule is CC#CC(=O)N1CCCCC1c1nc(-c2ccc(C(=O)Nc3cc(-c4ccccc4)ccn3)cc2)c(C(N)=O)n1N. The van der Waals surface area contributed by atoms with E-state index in [1.165, 1.54) is 4.68 Å². The Labute approximate surface area is 237 Å². The molecule has 41 heavy (non-hydrogen) atoms. The van der Waals surface area contributed by atoms with Gasteiger partial charge >= 0.3 is 0 Å². The number of carbonyl (C=O) groups excluding carboxylic acids is 3. The van der Waals surface area contributed by atoms with Gasteiger partial charge in [-0.1, -0.05) is 48.4 Å². The summed E-state index contributed by atoms with van der Waals surface area (Å²) in [5.74, 6) is 10.9. The number of pyridine rings is 1. The van der Waals surface area contributed by atoms with E-state index in [9.17, 15) is 14.4 Å². The van der Waals surface area contributed by atoms with Gasteiger partial charge in [-0.25, -0.2) is 14.6 Å². The molecule has 1 fully saturated rings. The minimum atomic E-state index is -0.755. The number of likely N-dealkylation sites (tertiary alicyclic amines) is 1. The van der Waals surface area contributed by atoms with Gasteiger partial charge < -0.3 is 21.8 Å². The molecule has 1 saturated heterocycles. The molecule has 10 nitrogen and oxygen atoms in total. The van der Waals surface area contributed by atoms with E-state index in [-0.39, 0.29) is 23.2 Å². The van der Waals surface area contributed by atoms with Crippen LogP contribution < -0.4 is 16.9 Å². The molecule has 4 aromatic rings. The van der Waals surface area contributed by atoms with Gasteiger partial charge in [0.05, 0.1) is 6.04 Å². The van der Waals surface area contributed by atoms with Crippen LogP contribution in [0.2, 0.25) is 0 Å². The van der Waals surface area contributed by atoms with Crippen molar-refractivity contribution in [2.24, 2.45) is 5.73 Å². The van der Waals surface area contributed by atoms with E-state index < -0.39 is 11.9 Å². The fourth-order valence-corrected chi connectivity index (χ4v) is 5.02. The molecular weight excluding hydrogens is 518 g/mol. The van der Waals surface area contributed by atoms with Crippen molar-refractivity contribution in [2.45, 2.75) is 32.2 Å². The quantitative estimate of drug-likeness (QED) is 0.247. The van der Waals surface area contributed by atoms with Crippen molar-refractivity contribution in [1.29, 1.82) is 0 Å². The zero-order valence-electron chi connectivity index (χ0n) is 22.5. The molecule has 3 heterocycles. The van der Waals surface area contributed by atoms with Crippen LogP contribution >= 0.6 is 0 Å². The van der Waals surface area contributed by atoms with Crippen LogP contribution in [0, 0.1) is 11.8 Å². The van der Waals surface area contributed by atoms with Crippen LogP contribution in [0.1, 0.15) is 58.9 Å². The third-order valence-corrected chi connectivity index (χ3v) is 6.99. The van der Waals surface area contributed by atoms with Gasteiger partial charge in [0.15, 0.2) is 11.5 Å². The van der Waals surface area contributed by atoms with Gasteiger partial charge in [0.2, 0.25) is 0 Å². The Morgan fingerprint density at radius 1 is 0.976 bits per heavy atom. The van der Waals surface area contributed by atoms with Gasteiger partial charge in [-0.05, 0) is 67.5 Å². The van der Waals surface area contributed by atoms with Crippen molar-refractivity contribution >= 4 is 23.5 Å². The summed E-state index contributed by atoms with van der Waals surface area (Å²) in [5, 5.41) is 2.83. The molecule has 1 aliphatic heterocycles. The van der Waals surface area contributed by atoms with Gasteiger partial charge in [-0.3, -0.25) is 14.4 Å². The minimum absolute atomic E-state index is 0.0127. The Bertz CT molecular complexity index is 1670. The van der Waals surface area contributed by atoms with Crippen LogP contribution in [0.15, 0.2) is 72.9 Å². The number of nitrogen functional groups attached to an aromatic ring is 1. The number of imidazole rings is 1. The summed E-state index contributed by atoms with van der Waals surface area (Å²) in [6.07, 6.45) is 3.98. The maximum absolute atomic E-state index is 13.0. The van der Waals surface area contributed by atoms with Crippen LogP contribution in [0.5, 0.6) is 0 Å². The summed E-state index contributed by atoms with van der Waals surface area (Å²) < 4.78 is 1.17. The van der Waals surface area contributed by atoms with E-state index in [0.717, 1.165) is 24.0 Å². The zero-order chi connectivity index (χ0) is 28.9. The van der Waals surface area contributed by atoms with Crippen molar-refractivity contribution in [3.8, 4) is 34.2 Å². The van der Waals surface area contributed by atoms with Gasteiger partial charge in [0, 0.05) is 23.9 Å². The minimum Gasteiger partial charge on any atom is -0.364 e. The molecule has 5 rings (SSSR count). The summed E-state index contributed by atoms with van der Waals surface area (Å²) in [5.41, 5.74) is 8.87. The fourth-order valence-electron chi connectivity index (χ4n) is 5.02. The number of rotatable bonds is 6. The molecule has 1 unspecified atom stereocenters. The lowest BCUT2D eigenvalue weighted by molar-refractivity contribution is -0.129. The van der Waals surface area contributed by atoms with Crippen molar-refractivity contribution in [1.82, 2.24) is 19.5 Å². The first-order valence-electron chi connectivity index (χ1n) is 13.2. The molecule has 206 valence electrons. The highest BCUT2D eigenvalue weighted by Gasteiger charge is 2.33.